The number of rotatable bonds is 6. The Hall–Kier alpha value is -2.89. The Bertz CT molecular complexity index is 1290. The van der Waals surface area contributed by atoms with E-state index in [4.69, 9.17) is 0 Å². The van der Waals surface area contributed by atoms with Crippen LogP contribution in [0.4, 0.5) is 10.5 Å². The molecule has 36 heavy (non-hydrogen) atoms. The van der Waals surface area contributed by atoms with Crippen LogP contribution in [0.2, 0.25) is 0 Å². The first kappa shape index (κ1) is 24.8. The molecule has 1 N–H and O–H groups in total. The smallest absolute Gasteiger partial charge is 0.317 e. The van der Waals surface area contributed by atoms with Crippen molar-refractivity contribution in [3.63, 3.8) is 0 Å². The lowest BCUT2D eigenvalue weighted by molar-refractivity contribution is 0.0593. The van der Waals surface area contributed by atoms with Gasteiger partial charge in [0, 0.05) is 18.3 Å². The number of nitrogens with one attached hydrogen (secondary N) is 1. The van der Waals surface area contributed by atoms with Crippen molar-refractivity contribution in [1.82, 2.24) is 10.2 Å². The SMILES string of the molecule is CN[C@]1(c2ccccc2)CC[C@]2(CC1)CN(c1ccc(S(C)(=O)=O)cc1C#N)C(=O)N2CC1CCC1. The van der Waals surface area contributed by atoms with Gasteiger partial charge in [-0.25, -0.2) is 13.2 Å². The molecule has 2 aromatic carbocycles. The van der Waals surface area contributed by atoms with Crippen LogP contribution in [0, 0.1) is 17.2 Å². The van der Waals surface area contributed by atoms with Gasteiger partial charge in [-0.2, -0.15) is 5.26 Å². The number of anilines is 1. The third-order valence-corrected chi connectivity index (χ3v) is 9.91. The fourth-order valence-electron chi connectivity index (χ4n) is 6.27. The van der Waals surface area contributed by atoms with Crippen LogP contribution in [0.1, 0.15) is 56.1 Å². The Balaban J connectivity index is 1.48. The minimum absolute atomic E-state index is 0.0674. The summed E-state index contributed by atoms with van der Waals surface area (Å²) in [5, 5.41) is 13.4. The number of carbonyl (C=O) groups is 1. The monoisotopic (exact) mass is 506 g/mol. The number of hydrogen-bond acceptors (Lipinski definition) is 5. The van der Waals surface area contributed by atoms with Gasteiger partial charge in [0.15, 0.2) is 9.84 Å². The summed E-state index contributed by atoms with van der Waals surface area (Å²) in [7, 11) is -1.43. The standard InChI is InChI=1S/C28H34N4O3S/c1-30-28(23-9-4-3-5-10-23)15-13-27(14-16-28)20-31(26(33)32(27)19-21-7-6-8-21)25-12-11-24(36(2,34)35)17-22(25)18-29/h3-5,9-12,17,21,30H,6-8,13-16,19-20H2,1-2H3/t27-,28+. The van der Waals surface area contributed by atoms with Gasteiger partial charge in [-0.15, -0.1) is 0 Å². The molecule has 190 valence electrons. The van der Waals surface area contributed by atoms with E-state index in [9.17, 15) is 18.5 Å². The van der Waals surface area contributed by atoms with Gasteiger partial charge in [-0.1, -0.05) is 36.8 Å². The second-order valence-electron chi connectivity index (χ2n) is 10.8. The maximum absolute atomic E-state index is 13.9. The van der Waals surface area contributed by atoms with Crippen molar-refractivity contribution >= 4 is 21.6 Å². The van der Waals surface area contributed by atoms with Crippen LogP contribution in [0.5, 0.6) is 0 Å². The molecule has 0 bridgehead atoms. The molecule has 3 aliphatic rings. The van der Waals surface area contributed by atoms with Crippen LogP contribution in [0.25, 0.3) is 0 Å². The second kappa shape index (κ2) is 9.20. The van der Waals surface area contributed by atoms with Crippen molar-refractivity contribution in [3.8, 4) is 6.07 Å². The first-order valence-electron chi connectivity index (χ1n) is 12.8. The molecular formula is C28H34N4O3S. The molecule has 1 spiro atoms. The molecule has 1 aliphatic heterocycles. The molecule has 0 radical (unpaired) electrons. The van der Waals surface area contributed by atoms with E-state index >= 15 is 0 Å². The number of nitrogens with zero attached hydrogens (tertiary/aromatic N) is 3. The van der Waals surface area contributed by atoms with E-state index in [0.717, 1.165) is 51.3 Å². The van der Waals surface area contributed by atoms with Gasteiger partial charge in [0.2, 0.25) is 0 Å². The molecule has 2 aliphatic carbocycles. The number of hydrogen-bond donors (Lipinski definition) is 1. The van der Waals surface area contributed by atoms with Crippen LogP contribution < -0.4 is 10.2 Å². The zero-order valence-corrected chi connectivity index (χ0v) is 21.9. The first-order valence-corrected chi connectivity index (χ1v) is 14.7. The highest BCUT2D eigenvalue weighted by molar-refractivity contribution is 7.90. The molecule has 2 saturated carbocycles. The molecule has 0 aromatic heterocycles. The normalized spacial score (nSPS) is 26.8. The van der Waals surface area contributed by atoms with E-state index in [-0.39, 0.29) is 27.6 Å². The average molecular weight is 507 g/mol. The minimum Gasteiger partial charge on any atom is -0.317 e. The predicted octanol–water partition coefficient (Wildman–Crippen LogP) is 4.43. The lowest BCUT2D eigenvalue weighted by Crippen LogP contribution is -2.56. The lowest BCUT2D eigenvalue weighted by atomic mass is 9.68. The van der Waals surface area contributed by atoms with Crippen LogP contribution in [-0.2, 0) is 15.4 Å². The van der Waals surface area contributed by atoms with E-state index in [1.807, 2.05) is 13.1 Å². The van der Waals surface area contributed by atoms with Crippen molar-refractivity contribution in [2.75, 3.05) is 31.3 Å². The molecule has 0 unspecified atom stereocenters. The van der Waals surface area contributed by atoms with Crippen LogP contribution in [0.3, 0.4) is 0 Å². The maximum atomic E-state index is 13.9. The number of sulfone groups is 1. The summed E-state index contributed by atoms with van der Waals surface area (Å²) in [5.74, 6) is 0.527. The van der Waals surface area contributed by atoms with Crippen LogP contribution >= 0.6 is 0 Å². The van der Waals surface area contributed by atoms with Crippen molar-refractivity contribution in [2.24, 2.45) is 5.92 Å². The van der Waals surface area contributed by atoms with Crippen LogP contribution in [0.15, 0.2) is 53.4 Å². The number of nitriles is 1. The zero-order chi connectivity index (χ0) is 25.6. The predicted molar refractivity (Wildman–Crippen MR) is 139 cm³/mol. The minimum atomic E-state index is -3.45. The highest BCUT2D eigenvalue weighted by Gasteiger charge is 2.54. The molecule has 1 saturated heterocycles. The summed E-state index contributed by atoms with van der Waals surface area (Å²) >= 11 is 0. The maximum Gasteiger partial charge on any atom is 0.325 e. The van der Waals surface area contributed by atoms with E-state index in [0.29, 0.717) is 18.2 Å². The van der Waals surface area contributed by atoms with Gasteiger partial charge < -0.3 is 10.2 Å². The summed E-state index contributed by atoms with van der Waals surface area (Å²) in [4.78, 5) is 17.8. The quantitative estimate of drug-likeness (QED) is 0.626. The lowest BCUT2D eigenvalue weighted by Gasteiger charge is -2.49. The molecule has 8 heteroatoms. The number of benzene rings is 2. The summed E-state index contributed by atoms with van der Waals surface area (Å²) < 4.78 is 24.1. The second-order valence-corrected chi connectivity index (χ2v) is 12.8. The number of carbonyl (C=O) groups excluding carboxylic acids is 1. The van der Waals surface area contributed by atoms with Gasteiger partial charge in [0.25, 0.3) is 0 Å². The Morgan fingerprint density at radius 1 is 1.08 bits per heavy atom. The topological polar surface area (TPSA) is 93.5 Å². The molecule has 7 nitrogen and oxygen atoms in total. The largest absolute Gasteiger partial charge is 0.325 e. The van der Waals surface area contributed by atoms with E-state index in [1.54, 1.807) is 11.0 Å². The van der Waals surface area contributed by atoms with Crippen molar-refractivity contribution in [1.29, 1.82) is 5.26 Å². The fourth-order valence-corrected chi connectivity index (χ4v) is 6.92. The number of urea groups is 1. The van der Waals surface area contributed by atoms with Crippen molar-refractivity contribution < 1.29 is 13.2 Å². The van der Waals surface area contributed by atoms with Gasteiger partial charge in [-0.3, -0.25) is 4.90 Å². The molecule has 3 fully saturated rings. The molecule has 2 aromatic rings. The Kier molecular flexibility index (Phi) is 6.34. The van der Waals surface area contributed by atoms with Gasteiger partial charge in [0.1, 0.15) is 6.07 Å². The number of amides is 2. The Morgan fingerprint density at radius 3 is 2.33 bits per heavy atom. The van der Waals surface area contributed by atoms with E-state index < -0.39 is 9.84 Å². The highest BCUT2D eigenvalue weighted by atomic mass is 32.2. The van der Waals surface area contributed by atoms with Gasteiger partial charge in [0.05, 0.1) is 28.2 Å². The summed E-state index contributed by atoms with van der Waals surface area (Å²) in [6, 6.07) is 17.1. The molecule has 1 heterocycles. The van der Waals surface area contributed by atoms with Gasteiger partial charge >= 0.3 is 6.03 Å². The summed E-state index contributed by atoms with van der Waals surface area (Å²) in [5.41, 5.74) is 1.57. The first-order chi connectivity index (χ1) is 17.2. The fraction of sp³-hybridized carbons (Fsp3) is 0.500. The Morgan fingerprint density at radius 2 is 1.78 bits per heavy atom. The van der Waals surface area contributed by atoms with E-state index in [1.165, 1.54) is 24.1 Å². The van der Waals surface area contributed by atoms with Crippen molar-refractivity contribution in [3.05, 3.63) is 59.7 Å². The zero-order valence-electron chi connectivity index (χ0n) is 21.0. The third kappa shape index (κ3) is 4.18. The molecular weight excluding hydrogens is 472 g/mol. The summed E-state index contributed by atoms with van der Waals surface area (Å²) in [6.07, 6.45) is 8.19. The molecule has 2 amide bonds. The average Bonchev–Trinajstić information content (AvgIpc) is 3.12. The summed E-state index contributed by atoms with van der Waals surface area (Å²) in [6.45, 7) is 1.26. The third-order valence-electron chi connectivity index (χ3n) is 8.80. The van der Waals surface area contributed by atoms with E-state index in [2.05, 4.69) is 40.6 Å². The Labute approximate surface area is 214 Å². The highest BCUT2D eigenvalue weighted by Crippen LogP contribution is 2.48. The van der Waals surface area contributed by atoms with Crippen LogP contribution in [-0.4, -0.2) is 51.3 Å². The molecule has 5 rings (SSSR count). The molecule has 0 atom stereocenters. The van der Waals surface area contributed by atoms with Crippen molar-refractivity contribution in [2.45, 2.75) is 60.9 Å². The van der Waals surface area contributed by atoms with Gasteiger partial charge in [-0.05, 0) is 75.3 Å².